The molecule has 0 saturated carbocycles. The summed E-state index contributed by atoms with van der Waals surface area (Å²) in [5, 5.41) is 4.27. The molecule has 1 atom stereocenters. The van der Waals surface area contributed by atoms with E-state index in [1.165, 1.54) is 29.1 Å². The third-order valence-corrected chi connectivity index (χ3v) is 5.68. The molecule has 0 aliphatic heterocycles. The molecule has 1 unspecified atom stereocenters. The van der Waals surface area contributed by atoms with Gasteiger partial charge in [0.1, 0.15) is 5.69 Å². The minimum absolute atomic E-state index is 0.0207. The maximum Gasteiger partial charge on any atom is 0.267 e. The monoisotopic (exact) mass is 437 g/mol. The topological polar surface area (TPSA) is 94.2 Å². The molecule has 0 bridgehead atoms. The lowest BCUT2D eigenvalue weighted by molar-refractivity contribution is 0.456. The van der Waals surface area contributed by atoms with Gasteiger partial charge in [0.2, 0.25) is 10.0 Å². The summed E-state index contributed by atoms with van der Waals surface area (Å²) in [6, 6.07) is 12.2. The number of rotatable bonds is 6. The first-order valence-electron chi connectivity index (χ1n) is 7.76. The van der Waals surface area contributed by atoms with Gasteiger partial charge in [0.15, 0.2) is 5.76 Å². The lowest BCUT2D eigenvalue weighted by atomic mass is 10.3. The van der Waals surface area contributed by atoms with Crippen LogP contribution in [0.5, 0.6) is 0 Å². The molecule has 3 aromatic rings. The first-order chi connectivity index (χ1) is 12.4. The molecule has 0 spiro atoms. The highest BCUT2D eigenvalue weighted by Crippen LogP contribution is 2.17. The smallest absolute Gasteiger partial charge is 0.267 e. The molecule has 0 aliphatic rings. The van der Waals surface area contributed by atoms with Crippen molar-refractivity contribution < 1.29 is 12.8 Å². The summed E-state index contributed by atoms with van der Waals surface area (Å²) in [4.78, 5) is 12.3. The number of aromatic nitrogens is 2. The van der Waals surface area contributed by atoms with Crippen molar-refractivity contribution in [3.05, 3.63) is 69.6 Å². The average Bonchev–Trinajstić information content (AvgIpc) is 3.15. The van der Waals surface area contributed by atoms with Gasteiger partial charge in [-0.2, -0.15) is 5.10 Å². The molecule has 0 fully saturated rings. The third-order valence-electron chi connectivity index (χ3n) is 3.71. The molecule has 136 valence electrons. The van der Waals surface area contributed by atoms with Crippen molar-refractivity contribution in [3.8, 4) is 11.5 Å². The zero-order valence-electron chi connectivity index (χ0n) is 13.8. The number of benzene rings is 1. The Labute approximate surface area is 158 Å². The highest BCUT2D eigenvalue weighted by Gasteiger charge is 2.17. The summed E-state index contributed by atoms with van der Waals surface area (Å²) in [5.41, 5.74) is 0.174. The van der Waals surface area contributed by atoms with Crippen LogP contribution < -0.4 is 10.3 Å². The Hall–Kier alpha value is -2.23. The van der Waals surface area contributed by atoms with Gasteiger partial charge in [-0.1, -0.05) is 15.9 Å². The second-order valence-corrected chi connectivity index (χ2v) is 8.32. The third kappa shape index (κ3) is 4.12. The van der Waals surface area contributed by atoms with E-state index < -0.39 is 16.1 Å². The fraction of sp³-hybridized carbons (Fsp3) is 0.176. The van der Waals surface area contributed by atoms with Crippen molar-refractivity contribution in [3.63, 3.8) is 0 Å². The predicted octanol–water partition coefficient (Wildman–Crippen LogP) is 2.81. The fourth-order valence-corrected chi connectivity index (χ4v) is 3.70. The molecule has 1 aromatic carbocycles. The van der Waals surface area contributed by atoms with E-state index in [4.69, 9.17) is 4.42 Å². The molecular weight excluding hydrogens is 422 g/mol. The number of sulfonamides is 1. The van der Waals surface area contributed by atoms with Crippen molar-refractivity contribution in [1.82, 2.24) is 14.5 Å². The molecule has 2 heterocycles. The van der Waals surface area contributed by atoms with E-state index in [9.17, 15) is 13.2 Å². The lowest BCUT2D eigenvalue weighted by Gasteiger charge is -2.15. The summed E-state index contributed by atoms with van der Waals surface area (Å²) in [7, 11) is -3.68. The van der Waals surface area contributed by atoms with E-state index >= 15 is 0 Å². The molecule has 9 heteroatoms. The average molecular weight is 438 g/mol. The number of furan rings is 1. The van der Waals surface area contributed by atoms with Gasteiger partial charge in [0, 0.05) is 17.1 Å². The quantitative estimate of drug-likeness (QED) is 0.639. The minimum atomic E-state index is -3.68. The van der Waals surface area contributed by atoms with Crippen molar-refractivity contribution in [1.29, 1.82) is 0 Å². The first-order valence-corrected chi connectivity index (χ1v) is 10.0. The van der Waals surface area contributed by atoms with E-state index in [1.54, 1.807) is 37.3 Å². The Bertz CT molecular complexity index is 1040. The van der Waals surface area contributed by atoms with Crippen LogP contribution in [0.15, 0.2) is 73.4 Å². The van der Waals surface area contributed by atoms with E-state index in [1.807, 2.05) is 0 Å². The number of hydrogen-bond donors (Lipinski definition) is 1. The van der Waals surface area contributed by atoms with Gasteiger partial charge in [-0.05, 0) is 49.4 Å². The molecule has 0 aliphatic carbocycles. The number of nitrogens with one attached hydrogen (secondary N) is 1. The molecule has 0 amide bonds. The normalized spacial score (nSPS) is 12.8. The highest BCUT2D eigenvalue weighted by atomic mass is 79.9. The zero-order chi connectivity index (χ0) is 18.7. The molecule has 7 nitrogen and oxygen atoms in total. The number of hydrogen-bond acceptors (Lipinski definition) is 5. The Morgan fingerprint density at radius 3 is 2.58 bits per heavy atom. The molecule has 0 saturated heterocycles. The van der Waals surface area contributed by atoms with Crippen molar-refractivity contribution >= 4 is 26.0 Å². The number of nitrogens with zero attached hydrogens (tertiary/aromatic N) is 2. The molecular formula is C17H16BrN3O4S. The molecule has 3 rings (SSSR count). The number of halogens is 1. The molecule has 26 heavy (non-hydrogen) atoms. The maximum absolute atomic E-state index is 12.4. The van der Waals surface area contributed by atoms with Crippen molar-refractivity contribution in [2.75, 3.05) is 6.54 Å². The summed E-state index contributed by atoms with van der Waals surface area (Å²) in [6.45, 7) is 1.73. The summed E-state index contributed by atoms with van der Waals surface area (Å²) in [6.07, 6.45) is 1.52. The van der Waals surface area contributed by atoms with E-state index in [2.05, 4.69) is 25.8 Å². The molecule has 2 aromatic heterocycles. The van der Waals surface area contributed by atoms with Gasteiger partial charge < -0.3 is 4.42 Å². The summed E-state index contributed by atoms with van der Waals surface area (Å²) < 4.78 is 34.6. The van der Waals surface area contributed by atoms with Gasteiger partial charge in [0.05, 0.1) is 17.2 Å². The van der Waals surface area contributed by atoms with Crippen LogP contribution >= 0.6 is 15.9 Å². The predicted molar refractivity (Wildman–Crippen MR) is 100 cm³/mol. The van der Waals surface area contributed by atoms with Crippen LogP contribution in [0.1, 0.15) is 13.0 Å². The minimum Gasteiger partial charge on any atom is -0.463 e. The molecule has 0 radical (unpaired) electrons. The van der Waals surface area contributed by atoms with Crippen molar-refractivity contribution in [2.45, 2.75) is 17.9 Å². The van der Waals surface area contributed by atoms with E-state index in [-0.39, 0.29) is 17.0 Å². The Kier molecular flexibility index (Phi) is 5.40. The summed E-state index contributed by atoms with van der Waals surface area (Å²) in [5.74, 6) is 0.529. The first kappa shape index (κ1) is 18.6. The Morgan fingerprint density at radius 2 is 1.92 bits per heavy atom. The Balaban J connectivity index is 1.78. The maximum atomic E-state index is 12.4. The zero-order valence-corrected chi connectivity index (χ0v) is 16.2. The lowest BCUT2D eigenvalue weighted by Crippen LogP contribution is -2.34. The van der Waals surface area contributed by atoms with Crippen LogP contribution in [0.25, 0.3) is 11.5 Å². The van der Waals surface area contributed by atoms with E-state index in [0.29, 0.717) is 11.5 Å². The second-order valence-electron chi connectivity index (χ2n) is 5.63. The van der Waals surface area contributed by atoms with Crippen LogP contribution in [0.3, 0.4) is 0 Å². The van der Waals surface area contributed by atoms with Crippen LogP contribution in [0.4, 0.5) is 0 Å². The van der Waals surface area contributed by atoms with Gasteiger partial charge in [-0.3, -0.25) is 4.79 Å². The van der Waals surface area contributed by atoms with E-state index in [0.717, 1.165) is 4.47 Å². The van der Waals surface area contributed by atoms with Gasteiger partial charge in [-0.15, -0.1) is 0 Å². The Morgan fingerprint density at radius 1 is 1.19 bits per heavy atom. The van der Waals surface area contributed by atoms with Crippen LogP contribution in [0, 0.1) is 0 Å². The van der Waals surface area contributed by atoms with Crippen molar-refractivity contribution in [2.24, 2.45) is 0 Å². The largest absolute Gasteiger partial charge is 0.463 e. The van der Waals surface area contributed by atoms with Gasteiger partial charge in [0.25, 0.3) is 5.56 Å². The summed E-state index contributed by atoms with van der Waals surface area (Å²) >= 11 is 3.27. The van der Waals surface area contributed by atoms with Gasteiger partial charge >= 0.3 is 0 Å². The fourth-order valence-electron chi connectivity index (χ4n) is 2.31. The van der Waals surface area contributed by atoms with Gasteiger partial charge in [-0.25, -0.2) is 17.8 Å². The van der Waals surface area contributed by atoms with Crippen LogP contribution in [-0.2, 0) is 10.0 Å². The van der Waals surface area contributed by atoms with Crippen LogP contribution in [-0.4, -0.2) is 24.7 Å². The molecule has 1 N–H and O–H groups in total. The second kappa shape index (κ2) is 7.56. The van der Waals surface area contributed by atoms with Crippen LogP contribution in [0.2, 0.25) is 0 Å². The SMILES string of the molecule is CC(CNS(=O)(=O)c1ccc(Br)cc1)n1nc(-c2ccco2)ccc1=O. The standard InChI is InChI=1S/C17H16BrN3O4S/c1-12(11-19-26(23,24)14-6-4-13(18)5-7-14)21-17(22)9-8-15(20-21)16-3-2-10-25-16/h2-10,12,19H,11H2,1H3. The highest BCUT2D eigenvalue weighted by molar-refractivity contribution is 9.10.